The van der Waals surface area contributed by atoms with Gasteiger partial charge in [0.2, 0.25) is 5.91 Å². The molecule has 216 valence electrons. The summed E-state index contributed by atoms with van der Waals surface area (Å²) in [6.45, 7) is 9.31. The average molecular weight is 549 g/mol. The summed E-state index contributed by atoms with van der Waals surface area (Å²) in [4.78, 5) is 35.2. The lowest BCUT2D eigenvalue weighted by Gasteiger charge is -2.51. The van der Waals surface area contributed by atoms with Crippen LogP contribution in [0.4, 0.5) is 5.69 Å². The standard InChI is InChI=1S/C32H44N4O4/c1-30(2)21-27(34-29(38)23-8-7-15-33-22-23)32(14-13-31(3,39)20-26(30)32)12-11-28(37)36-18-16-35(17-19-36)24-9-5-6-10-25(24)40-4/h5-10,15,22,26-27,39H,11-14,16-21H2,1-4H3,(H,34,38)/t26-,27-,31-,32-/m0/s1. The van der Waals surface area contributed by atoms with E-state index in [-0.39, 0.29) is 34.6 Å². The number of aliphatic hydroxyl groups is 1. The van der Waals surface area contributed by atoms with Gasteiger partial charge in [0.15, 0.2) is 0 Å². The van der Waals surface area contributed by atoms with Crippen molar-refractivity contribution in [3.05, 3.63) is 54.4 Å². The Labute approximate surface area is 238 Å². The molecule has 1 aromatic carbocycles. The van der Waals surface area contributed by atoms with E-state index in [1.807, 2.05) is 30.0 Å². The van der Waals surface area contributed by atoms with E-state index in [1.54, 1.807) is 31.6 Å². The lowest BCUT2D eigenvalue weighted by atomic mass is 9.57. The topological polar surface area (TPSA) is 95.0 Å². The molecule has 0 radical (unpaired) electrons. The Hall–Kier alpha value is -3.13. The molecule has 0 spiro atoms. The number of benzene rings is 1. The second kappa shape index (κ2) is 11.0. The van der Waals surface area contributed by atoms with Gasteiger partial charge in [-0.05, 0) is 80.0 Å². The van der Waals surface area contributed by atoms with Crippen LogP contribution in [0.5, 0.6) is 5.75 Å². The number of amides is 2. The molecule has 2 heterocycles. The Morgan fingerprint density at radius 3 is 2.50 bits per heavy atom. The van der Waals surface area contributed by atoms with E-state index in [9.17, 15) is 14.7 Å². The molecule has 1 saturated heterocycles. The largest absolute Gasteiger partial charge is 0.495 e. The molecule has 5 rings (SSSR count). The molecule has 1 aromatic heterocycles. The third kappa shape index (κ3) is 5.55. The highest BCUT2D eigenvalue weighted by Crippen LogP contribution is 2.64. The Bertz CT molecular complexity index is 1210. The van der Waals surface area contributed by atoms with Gasteiger partial charge in [-0.15, -0.1) is 0 Å². The van der Waals surface area contributed by atoms with Crippen molar-refractivity contribution in [2.75, 3.05) is 38.2 Å². The van der Waals surface area contributed by atoms with Crippen molar-refractivity contribution in [3.63, 3.8) is 0 Å². The van der Waals surface area contributed by atoms with Gasteiger partial charge in [-0.3, -0.25) is 14.6 Å². The number of para-hydroxylation sites is 2. The van der Waals surface area contributed by atoms with Crippen molar-refractivity contribution in [3.8, 4) is 5.75 Å². The Morgan fingerprint density at radius 2 is 1.80 bits per heavy atom. The quantitative estimate of drug-likeness (QED) is 0.536. The molecule has 40 heavy (non-hydrogen) atoms. The highest BCUT2D eigenvalue weighted by molar-refractivity contribution is 5.94. The Balaban J connectivity index is 1.29. The monoisotopic (exact) mass is 548 g/mol. The van der Waals surface area contributed by atoms with Gasteiger partial charge in [0.25, 0.3) is 5.91 Å². The zero-order chi connectivity index (χ0) is 28.5. The van der Waals surface area contributed by atoms with Crippen molar-refractivity contribution in [2.24, 2.45) is 16.7 Å². The van der Waals surface area contributed by atoms with Gasteiger partial charge in [0.1, 0.15) is 5.75 Å². The van der Waals surface area contributed by atoms with Crippen molar-refractivity contribution < 1.29 is 19.4 Å². The summed E-state index contributed by atoms with van der Waals surface area (Å²) in [6, 6.07) is 11.5. The molecule has 0 unspecified atom stereocenters. The molecule has 2 aliphatic carbocycles. The number of aromatic nitrogens is 1. The van der Waals surface area contributed by atoms with Crippen molar-refractivity contribution in [2.45, 2.75) is 70.9 Å². The average Bonchev–Trinajstić information content (AvgIpc) is 3.17. The van der Waals surface area contributed by atoms with Gasteiger partial charge in [-0.25, -0.2) is 0 Å². The first kappa shape index (κ1) is 28.4. The van der Waals surface area contributed by atoms with Crippen molar-refractivity contribution >= 4 is 17.5 Å². The number of rotatable bonds is 7. The minimum Gasteiger partial charge on any atom is -0.495 e. The molecular weight excluding hydrogens is 504 g/mol. The van der Waals surface area contributed by atoms with Crippen molar-refractivity contribution in [1.29, 1.82) is 0 Å². The predicted molar refractivity (Wildman–Crippen MR) is 155 cm³/mol. The van der Waals surface area contributed by atoms with Crippen LogP contribution in [0, 0.1) is 16.7 Å². The summed E-state index contributed by atoms with van der Waals surface area (Å²) in [6.07, 6.45) is 7.39. The molecule has 2 N–H and O–H groups in total. The molecule has 3 aliphatic rings. The number of carbonyl (C=O) groups is 2. The second-order valence-electron chi connectivity index (χ2n) is 13.0. The third-order valence-electron chi connectivity index (χ3n) is 9.93. The van der Waals surface area contributed by atoms with Gasteiger partial charge >= 0.3 is 0 Å². The maximum absolute atomic E-state index is 13.6. The fourth-order valence-corrected chi connectivity index (χ4v) is 7.76. The fraction of sp³-hybridized carbons (Fsp3) is 0.594. The van der Waals surface area contributed by atoms with E-state index in [4.69, 9.17) is 4.74 Å². The molecule has 2 amide bonds. The lowest BCUT2D eigenvalue weighted by Crippen LogP contribution is -2.53. The third-order valence-corrected chi connectivity index (χ3v) is 9.93. The molecule has 8 heteroatoms. The number of methoxy groups -OCH3 is 1. The minimum atomic E-state index is -0.730. The summed E-state index contributed by atoms with van der Waals surface area (Å²) in [5, 5.41) is 14.4. The number of nitrogens with one attached hydrogen (secondary N) is 1. The molecule has 2 saturated carbocycles. The molecule has 8 nitrogen and oxygen atoms in total. The molecule has 2 aromatic rings. The van der Waals surface area contributed by atoms with Crippen LogP contribution < -0.4 is 15.0 Å². The van der Waals surface area contributed by atoms with Gasteiger partial charge in [-0.1, -0.05) is 26.0 Å². The molecule has 4 atom stereocenters. The van der Waals surface area contributed by atoms with E-state index in [0.29, 0.717) is 44.3 Å². The van der Waals surface area contributed by atoms with Crippen LogP contribution in [0.15, 0.2) is 48.8 Å². The zero-order valence-corrected chi connectivity index (χ0v) is 24.4. The number of fused-ring (bicyclic) bond motifs is 1. The molecule has 3 fully saturated rings. The van der Waals surface area contributed by atoms with E-state index in [1.165, 1.54) is 0 Å². The lowest BCUT2D eigenvalue weighted by molar-refractivity contribution is -0.133. The van der Waals surface area contributed by atoms with Gasteiger partial charge in [-0.2, -0.15) is 0 Å². The fourth-order valence-electron chi connectivity index (χ4n) is 7.76. The number of pyridine rings is 1. The summed E-state index contributed by atoms with van der Waals surface area (Å²) in [5.74, 6) is 1.11. The highest BCUT2D eigenvalue weighted by Gasteiger charge is 2.61. The summed E-state index contributed by atoms with van der Waals surface area (Å²) >= 11 is 0. The number of piperazine rings is 1. The highest BCUT2D eigenvalue weighted by atomic mass is 16.5. The van der Waals surface area contributed by atoms with E-state index < -0.39 is 5.60 Å². The Kier molecular flexibility index (Phi) is 7.83. The van der Waals surface area contributed by atoms with Crippen LogP contribution in [0.3, 0.4) is 0 Å². The smallest absolute Gasteiger partial charge is 0.253 e. The number of nitrogens with zero attached hydrogens (tertiary/aromatic N) is 3. The predicted octanol–water partition coefficient (Wildman–Crippen LogP) is 4.29. The molecular formula is C32H44N4O4. The van der Waals surface area contributed by atoms with Crippen LogP contribution >= 0.6 is 0 Å². The van der Waals surface area contributed by atoms with Crippen LogP contribution in [0.25, 0.3) is 0 Å². The summed E-state index contributed by atoms with van der Waals surface area (Å²) in [7, 11) is 1.69. The number of carbonyl (C=O) groups excluding carboxylic acids is 2. The SMILES string of the molecule is COc1ccccc1N1CCN(C(=O)CC[C@]23CC[C@](C)(O)C[C@H]2C(C)(C)C[C@@H]3NC(=O)c2cccnc2)CC1. The van der Waals surface area contributed by atoms with E-state index >= 15 is 0 Å². The summed E-state index contributed by atoms with van der Waals surface area (Å²) < 4.78 is 5.54. The zero-order valence-electron chi connectivity index (χ0n) is 24.4. The second-order valence-corrected chi connectivity index (χ2v) is 13.0. The normalized spacial score (nSPS) is 29.5. The maximum atomic E-state index is 13.6. The maximum Gasteiger partial charge on any atom is 0.253 e. The van der Waals surface area contributed by atoms with Gasteiger partial charge < -0.3 is 25.0 Å². The number of anilines is 1. The molecule has 0 bridgehead atoms. The van der Waals surface area contributed by atoms with Crippen LogP contribution in [0.1, 0.15) is 69.7 Å². The van der Waals surface area contributed by atoms with Crippen LogP contribution in [-0.2, 0) is 4.79 Å². The van der Waals surface area contributed by atoms with Gasteiger partial charge in [0.05, 0.1) is 24.0 Å². The van der Waals surface area contributed by atoms with Crippen LogP contribution in [0.2, 0.25) is 0 Å². The minimum absolute atomic E-state index is 0.0634. The number of hydrogen-bond donors (Lipinski definition) is 2. The first-order valence-electron chi connectivity index (χ1n) is 14.6. The number of hydrogen-bond acceptors (Lipinski definition) is 6. The van der Waals surface area contributed by atoms with Crippen molar-refractivity contribution in [1.82, 2.24) is 15.2 Å². The van der Waals surface area contributed by atoms with Gasteiger partial charge in [0, 0.05) is 51.0 Å². The summed E-state index contributed by atoms with van der Waals surface area (Å²) in [5.41, 5.74) is 0.574. The van der Waals surface area contributed by atoms with E-state index in [0.717, 1.165) is 37.4 Å². The van der Waals surface area contributed by atoms with E-state index in [2.05, 4.69) is 35.1 Å². The first-order valence-corrected chi connectivity index (χ1v) is 14.6. The number of ether oxygens (including phenoxy) is 1. The van der Waals surface area contributed by atoms with Crippen LogP contribution in [-0.4, -0.2) is 71.7 Å². The first-order chi connectivity index (χ1) is 19.0. The Morgan fingerprint density at radius 1 is 1.05 bits per heavy atom. The molecule has 1 aliphatic heterocycles.